The van der Waals surface area contributed by atoms with Crippen molar-refractivity contribution in [2.24, 2.45) is 0 Å². The maximum absolute atomic E-state index is 12.4. The molecule has 0 radical (unpaired) electrons. The molecule has 1 aromatic rings. The van der Waals surface area contributed by atoms with E-state index in [-0.39, 0.29) is 27.4 Å². The number of carbonyl (C=O) groups excluding carboxylic acids is 1. The molecule has 6 nitrogen and oxygen atoms in total. The number of nitrogens with one attached hydrogen (secondary N) is 2. The predicted octanol–water partition coefficient (Wildman–Crippen LogP) is 3.02. The Bertz CT molecular complexity index is 730. The molecule has 0 saturated carbocycles. The number of sulfonamides is 1. The van der Waals surface area contributed by atoms with E-state index >= 15 is 0 Å². The lowest BCUT2D eigenvalue weighted by atomic mass is 10.2. The molecular formula is C19H30ClN3O3S. The number of amides is 1. The number of benzene rings is 1. The van der Waals surface area contributed by atoms with Gasteiger partial charge in [0.2, 0.25) is 10.0 Å². The lowest BCUT2D eigenvalue weighted by Gasteiger charge is -2.19. The molecule has 2 N–H and O–H groups in total. The summed E-state index contributed by atoms with van der Waals surface area (Å²) in [5.41, 5.74) is 0.179. The van der Waals surface area contributed by atoms with E-state index in [1.54, 1.807) is 13.8 Å². The first-order valence-electron chi connectivity index (χ1n) is 9.62. The zero-order valence-electron chi connectivity index (χ0n) is 16.1. The van der Waals surface area contributed by atoms with Crippen molar-refractivity contribution in [2.45, 2.75) is 56.9 Å². The van der Waals surface area contributed by atoms with Crippen LogP contribution in [0.1, 0.15) is 56.3 Å². The highest BCUT2D eigenvalue weighted by molar-refractivity contribution is 7.89. The minimum absolute atomic E-state index is 0.0373. The number of likely N-dealkylation sites (tertiary alicyclic amines) is 1. The van der Waals surface area contributed by atoms with Crippen LogP contribution >= 0.6 is 11.6 Å². The second-order valence-electron chi connectivity index (χ2n) is 7.28. The average Bonchev–Trinajstić information content (AvgIpc) is 2.86. The fraction of sp³-hybridized carbons (Fsp3) is 0.632. The molecule has 1 aliphatic heterocycles. The van der Waals surface area contributed by atoms with E-state index in [1.165, 1.54) is 43.9 Å². The highest BCUT2D eigenvalue weighted by Gasteiger charge is 2.19. The fourth-order valence-corrected chi connectivity index (χ4v) is 4.66. The van der Waals surface area contributed by atoms with Crippen molar-refractivity contribution in [3.05, 3.63) is 28.8 Å². The van der Waals surface area contributed by atoms with Crippen LogP contribution in [0.5, 0.6) is 0 Å². The summed E-state index contributed by atoms with van der Waals surface area (Å²) in [7, 11) is -3.67. The SMILES string of the molecule is CC(C)NS(=O)(=O)c1ccc(Cl)c(C(=O)NCCCN2CCCCCC2)c1. The Morgan fingerprint density at radius 3 is 2.48 bits per heavy atom. The summed E-state index contributed by atoms with van der Waals surface area (Å²) in [5.74, 6) is -0.350. The smallest absolute Gasteiger partial charge is 0.252 e. The molecule has 0 unspecified atom stereocenters. The number of rotatable bonds is 8. The third-order valence-electron chi connectivity index (χ3n) is 4.52. The van der Waals surface area contributed by atoms with Gasteiger partial charge in [0.15, 0.2) is 0 Å². The van der Waals surface area contributed by atoms with Gasteiger partial charge in [-0.25, -0.2) is 13.1 Å². The predicted molar refractivity (Wildman–Crippen MR) is 109 cm³/mol. The van der Waals surface area contributed by atoms with Crippen molar-refractivity contribution in [1.29, 1.82) is 0 Å². The molecule has 8 heteroatoms. The van der Waals surface area contributed by atoms with Gasteiger partial charge in [0.05, 0.1) is 15.5 Å². The van der Waals surface area contributed by atoms with E-state index < -0.39 is 10.0 Å². The molecule has 0 aliphatic carbocycles. The number of carbonyl (C=O) groups is 1. The van der Waals surface area contributed by atoms with Crippen molar-refractivity contribution < 1.29 is 13.2 Å². The first-order valence-corrected chi connectivity index (χ1v) is 11.5. The lowest BCUT2D eigenvalue weighted by Crippen LogP contribution is -2.32. The van der Waals surface area contributed by atoms with E-state index in [2.05, 4.69) is 14.9 Å². The van der Waals surface area contributed by atoms with Gasteiger partial charge in [-0.15, -0.1) is 0 Å². The molecular weight excluding hydrogens is 386 g/mol. The van der Waals surface area contributed by atoms with E-state index in [4.69, 9.17) is 11.6 Å². The van der Waals surface area contributed by atoms with Crippen LogP contribution in [0.4, 0.5) is 0 Å². The van der Waals surface area contributed by atoms with Gasteiger partial charge in [0, 0.05) is 12.6 Å². The van der Waals surface area contributed by atoms with Crippen LogP contribution in [0.15, 0.2) is 23.1 Å². The third kappa shape index (κ3) is 7.07. The average molecular weight is 416 g/mol. The summed E-state index contributed by atoms with van der Waals surface area (Å²) in [6, 6.07) is 3.95. The number of nitrogens with zero attached hydrogens (tertiary/aromatic N) is 1. The molecule has 0 atom stereocenters. The summed E-state index contributed by atoms with van der Waals surface area (Å²) in [6.45, 7) is 7.23. The zero-order chi connectivity index (χ0) is 19.9. The van der Waals surface area contributed by atoms with Crippen LogP contribution in [0.25, 0.3) is 0 Å². The summed E-state index contributed by atoms with van der Waals surface area (Å²) in [6.07, 6.45) is 5.95. The third-order valence-corrected chi connectivity index (χ3v) is 6.50. The molecule has 2 rings (SSSR count). The standard InChI is InChI=1S/C19H30ClN3O3S/c1-15(2)22-27(25,26)16-8-9-18(20)17(14-16)19(24)21-10-7-13-23-11-5-3-4-6-12-23/h8-9,14-15,22H,3-7,10-13H2,1-2H3,(H,21,24). The Kier molecular flexibility index (Phi) is 8.54. The van der Waals surface area contributed by atoms with Crippen LogP contribution < -0.4 is 10.0 Å². The number of halogens is 1. The molecule has 1 heterocycles. The van der Waals surface area contributed by atoms with Crippen molar-refractivity contribution in [3.8, 4) is 0 Å². The van der Waals surface area contributed by atoms with Gasteiger partial charge in [-0.1, -0.05) is 24.4 Å². The summed E-state index contributed by atoms with van der Waals surface area (Å²) < 4.78 is 27.1. The largest absolute Gasteiger partial charge is 0.352 e. The summed E-state index contributed by atoms with van der Waals surface area (Å²) in [4.78, 5) is 14.9. The van der Waals surface area contributed by atoms with Crippen molar-refractivity contribution >= 4 is 27.5 Å². The van der Waals surface area contributed by atoms with Crippen LogP contribution in [-0.2, 0) is 10.0 Å². The molecule has 0 aromatic heterocycles. The first-order chi connectivity index (χ1) is 12.8. The molecule has 27 heavy (non-hydrogen) atoms. The van der Waals surface area contributed by atoms with Gasteiger partial charge in [-0.05, 0) is 70.9 Å². The quantitative estimate of drug-likeness (QED) is 0.639. The maximum Gasteiger partial charge on any atom is 0.252 e. The highest BCUT2D eigenvalue weighted by atomic mass is 35.5. The molecule has 1 amide bonds. The maximum atomic E-state index is 12.4. The Balaban J connectivity index is 1.92. The first kappa shape index (κ1) is 22.1. The van der Waals surface area contributed by atoms with E-state index in [0.717, 1.165) is 26.1 Å². The molecule has 0 bridgehead atoms. The zero-order valence-corrected chi connectivity index (χ0v) is 17.7. The molecule has 1 fully saturated rings. The second kappa shape index (κ2) is 10.4. The normalized spacial score (nSPS) is 16.3. The van der Waals surface area contributed by atoms with Crippen LogP contribution in [0.2, 0.25) is 5.02 Å². The fourth-order valence-electron chi connectivity index (χ4n) is 3.18. The van der Waals surface area contributed by atoms with Gasteiger partial charge in [0.25, 0.3) is 5.91 Å². The van der Waals surface area contributed by atoms with Crippen molar-refractivity contribution in [3.63, 3.8) is 0 Å². The molecule has 1 aliphatic rings. The van der Waals surface area contributed by atoms with Gasteiger partial charge < -0.3 is 10.2 Å². The van der Waals surface area contributed by atoms with Crippen molar-refractivity contribution in [1.82, 2.24) is 14.9 Å². The van der Waals surface area contributed by atoms with Crippen LogP contribution in [0.3, 0.4) is 0 Å². The monoisotopic (exact) mass is 415 g/mol. The minimum Gasteiger partial charge on any atom is -0.352 e. The van der Waals surface area contributed by atoms with Crippen LogP contribution in [0, 0.1) is 0 Å². The van der Waals surface area contributed by atoms with Crippen LogP contribution in [-0.4, -0.2) is 51.4 Å². The molecule has 1 aromatic carbocycles. The second-order valence-corrected chi connectivity index (χ2v) is 9.40. The molecule has 0 spiro atoms. The summed E-state index contributed by atoms with van der Waals surface area (Å²) >= 11 is 6.12. The Labute approximate surface area is 167 Å². The Morgan fingerprint density at radius 2 is 1.85 bits per heavy atom. The minimum atomic E-state index is -3.67. The van der Waals surface area contributed by atoms with Gasteiger partial charge in [0.1, 0.15) is 0 Å². The lowest BCUT2D eigenvalue weighted by molar-refractivity contribution is 0.0951. The highest BCUT2D eigenvalue weighted by Crippen LogP contribution is 2.21. The summed E-state index contributed by atoms with van der Waals surface area (Å²) in [5, 5.41) is 3.09. The van der Waals surface area contributed by atoms with E-state index in [1.807, 2.05) is 0 Å². The molecule has 152 valence electrons. The van der Waals surface area contributed by atoms with Crippen molar-refractivity contribution in [2.75, 3.05) is 26.2 Å². The van der Waals surface area contributed by atoms with Gasteiger partial charge in [-0.2, -0.15) is 0 Å². The Morgan fingerprint density at radius 1 is 1.19 bits per heavy atom. The molecule has 1 saturated heterocycles. The Hall–Kier alpha value is -1.15. The number of hydrogen-bond donors (Lipinski definition) is 2. The number of hydrogen-bond acceptors (Lipinski definition) is 4. The topological polar surface area (TPSA) is 78.5 Å². The van der Waals surface area contributed by atoms with Gasteiger partial charge in [-0.3, -0.25) is 4.79 Å². The van der Waals surface area contributed by atoms with E-state index in [0.29, 0.717) is 6.54 Å². The van der Waals surface area contributed by atoms with Gasteiger partial charge >= 0.3 is 0 Å². The van der Waals surface area contributed by atoms with E-state index in [9.17, 15) is 13.2 Å².